The van der Waals surface area contributed by atoms with Gasteiger partial charge in [0.25, 0.3) is 0 Å². The summed E-state index contributed by atoms with van der Waals surface area (Å²) in [6, 6.07) is 9.87. The molecule has 0 spiro atoms. The summed E-state index contributed by atoms with van der Waals surface area (Å²) in [5, 5.41) is 2.90. The first kappa shape index (κ1) is 18.9. The highest BCUT2D eigenvalue weighted by Crippen LogP contribution is 2.27. The summed E-state index contributed by atoms with van der Waals surface area (Å²) >= 11 is 0. The maximum Gasteiger partial charge on any atom is 0.237 e. The third-order valence-electron chi connectivity index (χ3n) is 5.29. The Morgan fingerprint density at radius 1 is 1.35 bits per heavy atom. The summed E-state index contributed by atoms with van der Waals surface area (Å²) in [6.07, 6.45) is 1.11. The predicted octanol–water partition coefficient (Wildman–Crippen LogP) is 0.915. The van der Waals surface area contributed by atoms with Gasteiger partial charge in [-0.1, -0.05) is 37.3 Å². The number of hydrogen-bond donors (Lipinski definition) is 1. The summed E-state index contributed by atoms with van der Waals surface area (Å²) in [5.41, 5.74) is 1.30. The molecule has 1 N–H and O–H groups in total. The van der Waals surface area contributed by atoms with E-state index in [1.165, 1.54) is 5.56 Å². The average Bonchev–Trinajstić information content (AvgIpc) is 2.61. The zero-order chi connectivity index (χ0) is 18.6. The first-order valence-electron chi connectivity index (χ1n) is 9.34. The van der Waals surface area contributed by atoms with Crippen LogP contribution >= 0.6 is 0 Å². The quantitative estimate of drug-likeness (QED) is 0.786. The topological polar surface area (TPSA) is 61.9 Å². The van der Waals surface area contributed by atoms with Crippen LogP contribution in [0.1, 0.15) is 18.9 Å². The van der Waals surface area contributed by atoms with Gasteiger partial charge in [0.2, 0.25) is 11.8 Å². The summed E-state index contributed by atoms with van der Waals surface area (Å²) in [4.78, 5) is 29.0. The molecule has 2 aliphatic rings. The lowest BCUT2D eigenvalue weighted by Gasteiger charge is -2.41. The van der Waals surface area contributed by atoms with Gasteiger partial charge >= 0.3 is 0 Å². The summed E-state index contributed by atoms with van der Waals surface area (Å²) in [7, 11) is 1.82. The van der Waals surface area contributed by atoms with Crippen molar-refractivity contribution in [3.05, 3.63) is 35.9 Å². The van der Waals surface area contributed by atoms with Crippen LogP contribution in [0, 0.1) is 5.41 Å². The molecule has 2 heterocycles. The van der Waals surface area contributed by atoms with Crippen LogP contribution in [0.4, 0.5) is 0 Å². The fourth-order valence-corrected chi connectivity index (χ4v) is 3.69. The Hall–Kier alpha value is -1.92. The van der Waals surface area contributed by atoms with Gasteiger partial charge in [-0.05, 0) is 12.0 Å². The van der Waals surface area contributed by atoms with Gasteiger partial charge < -0.3 is 15.0 Å². The van der Waals surface area contributed by atoms with E-state index in [-0.39, 0.29) is 29.7 Å². The molecule has 3 rings (SSSR count). The third kappa shape index (κ3) is 4.62. The van der Waals surface area contributed by atoms with Crippen LogP contribution in [0.3, 0.4) is 0 Å². The minimum atomic E-state index is -0.382. The average molecular weight is 359 g/mol. The Kier molecular flexibility index (Phi) is 5.94. The van der Waals surface area contributed by atoms with Crippen LogP contribution in [0.15, 0.2) is 30.3 Å². The van der Waals surface area contributed by atoms with E-state index in [9.17, 15) is 9.59 Å². The molecule has 0 aromatic heterocycles. The van der Waals surface area contributed by atoms with E-state index in [2.05, 4.69) is 29.3 Å². The maximum absolute atomic E-state index is 12.7. The largest absolute Gasteiger partial charge is 0.380 e. The van der Waals surface area contributed by atoms with Crippen molar-refractivity contribution in [2.75, 3.05) is 46.4 Å². The molecular weight excluding hydrogens is 330 g/mol. The Bertz CT molecular complexity index is 630. The molecule has 2 fully saturated rings. The van der Waals surface area contributed by atoms with Crippen LogP contribution in [-0.2, 0) is 20.7 Å². The molecule has 1 atom stereocenters. The van der Waals surface area contributed by atoms with Crippen molar-refractivity contribution in [3.8, 4) is 0 Å². The smallest absolute Gasteiger partial charge is 0.237 e. The molecule has 26 heavy (non-hydrogen) atoms. The molecule has 0 unspecified atom stereocenters. The molecule has 0 radical (unpaired) electrons. The van der Waals surface area contributed by atoms with Crippen LogP contribution in [-0.4, -0.2) is 74.1 Å². The molecule has 0 aliphatic carbocycles. The minimum absolute atomic E-state index is 0.0184. The lowest BCUT2D eigenvalue weighted by molar-refractivity contribution is -0.146. The predicted molar refractivity (Wildman–Crippen MR) is 99.7 cm³/mol. The fourth-order valence-electron chi connectivity index (χ4n) is 3.69. The first-order chi connectivity index (χ1) is 12.5. The first-order valence-corrected chi connectivity index (χ1v) is 9.34. The molecule has 142 valence electrons. The monoisotopic (exact) mass is 359 g/mol. The molecule has 2 saturated heterocycles. The van der Waals surface area contributed by atoms with Crippen molar-refractivity contribution < 1.29 is 14.3 Å². The van der Waals surface area contributed by atoms with Crippen molar-refractivity contribution >= 4 is 11.8 Å². The van der Waals surface area contributed by atoms with Gasteiger partial charge in [0, 0.05) is 38.6 Å². The van der Waals surface area contributed by atoms with Crippen LogP contribution in [0.5, 0.6) is 0 Å². The Labute approximate surface area is 155 Å². The van der Waals surface area contributed by atoms with Crippen molar-refractivity contribution in [1.29, 1.82) is 0 Å². The molecule has 1 aromatic carbocycles. The number of ether oxygens (including phenoxy) is 1. The molecule has 2 amide bonds. The zero-order valence-corrected chi connectivity index (χ0v) is 15.7. The Morgan fingerprint density at radius 3 is 2.73 bits per heavy atom. The highest BCUT2D eigenvalue weighted by Gasteiger charge is 2.37. The number of piperazine rings is 1. The Morgan fingerprint density at radius 2 is 2.08 bits per heavy atom. The fraction of sp³-hybridized carbons (Fsp3) is 0.600. The standard InChI is InChI=1S/C20H29N3O3/c1-20(14-26-15-20)13-22(2)18(24)12-17-19(25)21-9-11-23(17)10-8-16-6-4-3-5-7-16/h3-7,17H,8-15H2,1-2H3,(H,21,25)/t17-/m1/s1. The highest BCUT2D eigenvalue weighted by atomic mass is 16.5. The minimum Gasteiger partial charge on any atom is -0.380 e. The van der Waals surface area contributed by atoms with Crippen molar-refractivity contribution in [2.45, 2.75) is 25.8 Å². The second-order valence-electron chi connectivity index (χ2n) is 7.84. The number of carbonyl (C=O) groups is 2. The van der Waals surface area contributed by atoms with Gasteiger partial charge in [-0.3, -0.25) is 14.5 Å². The molecule has 1 aromatic rings. The van der Waals surface area contributed by atoms with E-state index in [1.807, 2.05) is 25.2 Å². The number of benzene rings is 1. The van der Waals surface area contributed by atoms with Crippen LogP contribution in [0.2, 0.25) is 0 Å². The number of amides is 2. The Balaban J connectivity index is 1.57. The third-order valence-corrected chi connectivity index (χ3v) is 5.29. The summed E-state index contributed by atoms with van der Waals surface area (Å²) in [6.45, 7) is 6.39. The van der Waals surface area contributed by atoms with Crippen LogP contribution < -0.4 is 5.32 Å². The van der Waals surface area contributed by atoms with Gasteiger partial charge in [-0.25, -0.2) is 0 Å². The van der Waals surface area contributed by atoms with Crippen molar-refractivity contribution in [3.63, 3.8) is 0 Å². The van der Waals surface area contributed by atoms with E-state index >= 15 is 0 Å². The van der Waals surface area contributed by atoms with E-state index in [0.29, 0.717) is 26.3 Å². The number of carbonyl (C=O) groups excluding carboxylic acids is 2. The van der Waals surface area contributed by atoms with Crippen molar-refractivity contribution in [1.82, 2.24) is 15.1 Å². The molecule has 6 nitrogen and oxygen atoms in total. The van der Waals surface area contributed by atoms with Crippen LogP contribution in [0.25, 0.3) is 0 Å². The van der Waals surface area contributed by atoms with Crippen molar-refractivity contribution in [2.24, 2.45) is 5.41 Å². The van der Waals surface area contributed by atoms with E-state index in [1.54, 1.807) is 4.90 Å². The summed E-state index contributed by atoms with van der Waals surface area (Å²) in [5.74, 6) is -0.0193. The van der Waals surface area contributed by atoms with E-state index in [4.69, 9.17) is 4.74 Å². The maximum atomic E-state index is 12.7. The number of rotatable bonds is 7. The molecule has 0 bridgehead atoms. The summed E-state index contributed by atoms with van der Waals surface area (Å²) < 4.78 is 5.27. The second kappa shape index (κ2) is 8.18. The number of nitrogens with one attached hydrogen (secondary N) is 1. The molecule has 6 heteroatoms. The SMILES string of the molecule is CN(CC1(C)COC1)C(=O)C[C@@H]1C(=O)NCCN1CCc1ccccc1. The van der Waals surface area contributed by atoms with Gasteiger partial charge in [-0.15, -0.1) is 0 Å². The highest BCUT2D eigenvalue weighted by molar-refractivity contribution is 5.88. The number of hydrogen-bond acceptors (Lipinski definition) is 4. The molecule has 0 saturated carbocycles. The van der Waals surface area contributed by atoms with Gasteiger partial charge in [0.15, 0.2) is 0 Å². The molecular formula is C20H29N3O3. The van der Waals surface area contributed by atoms with Gasteiger partial charge in [-0.2, -0.15) is 0 Å². The molecule has 2 aliphatic heterocycles. The second-order valence-corrected chi connectivity index (χ2v) is 7.84. The van der Waals surface area contributed by atoms with E-state index < -0.39 is 0 Å². The number of nitrogens with zero attached hydrogens (tertiary/aromatic N) is 2. The lowest BCUT2D eigenvalue weighted by Crippen LogP contribution is -2.57. The van der Waals surface area contributed by atoms with Gasteiger partial charge in [0.05, 0.1) is 25.7 Å². The zero-order valence-electron chi connectivity index (χ0n) is 15.7. The van der Waals surface area contributed by atoms with E-state index in [0.717, 1.165) is 19.5 Å². The van der Waals surface area contributed by atoms with Gasteiger partial charge in [0.1, 0.15) is 0 Å². The lowest BCUT2D eigenvalue weighted by atomic mass is 9.88. The normalized spacial score (nSPS) is 22.4.